The predicted molar refractivity (Wildman–Crippen MR) is 82.5 cm³/mol. The summed E-state index contributed by atoms with van der Waals surface area (Å²) in [5, 5.41) is 12.5. The van der Waals surface area contributed by atoms with Crippen LogP contribution in [0.15, 0.2) is 28.7 Å². The topological polar surface area (TPSA) is 52.6 Å². The van der Waals surface area contributed by atoms with Crippen molar-refractivity contribution in [3.63, 3.8) is 0 Å². The van der Waals surface area contributed by atoms with Gasteiger partial charge in [0, 0.05) is 23.6 Å². The summed E-state index contributed by atoms with van der Waals surface area (Å²) >= 11 is 3.39. The highest BCUT2D eigenvalue weighted by Gasteiger charge is 2.21. The lowest BCUT2D eigenvalue weighted by molar-refractivity contribution is -0.131. The minimum atomic E-state index is 0.0127. The summed E-state index contributed by atoms with van der Waals surface area (Å²) < 4.78 is 1.01. The molecule has 1 unspecified atom stereocenters. The highest BCUT2D eigenvalue weighted by molar-refractivity contribution is 9.10. The first kappa shape index (κ1) is 15.5. The molecule has 1 aromatic carbocycles. The summed E-state index contributed by atoms with van der Waals surface area (Å²) in [6.07, 6.45) is 2.66. The van der Waals surface area contributed by atoms with Crippen molar-refractivity contribution in [3.8, 4) is 0 Å². The molecule has 0 radical (unpaired) electrons. The van der Waals surface area contributed by atoms with E-state index >= 15 is 0 Å². The van der Waals surface area contributed by atoms with Gasteiger partial charge in [-0.25, -0.2) is 0 Å². The fourth-order valence-electron chi connectivity index (χ4n) is 2.51. The van der Waals surface area contributed by atoms with Gasteiger partial charge in [-0.15, -0.1) is 0 Å². The van der Waals surface area contributed by atoms with E-state index < -0.39 is 0 Å². The van der Waals surface area contributed by atoms with Crippen LogP contribution in [0, 0.1) is 0 Å². The summed E-state index contributed by atoms with van der Waals surface area (Å²) in [5.41, 5.74) is 1.00. The number of halogens is 1. The molecule has 1 amide bonds. The third-order valence-corrected chi connectivity index (χ3v) is 4.12. The number of hydrogen-bond acceptors (Lipinski definition) is 3. The Kier molecular flexibility index (Phi) is 6.01. The van der Waals surface area contributed by atoms with Gasteiger partial charge in [0.25, 0.3) is 0 Å². The average Bonchev–Trinajstić information content (AvgIpc) is 2.94. The Hall–Kier alpha value is -0.910. The van der Waals surface area contributed by atoms with Gasteiger partial charge in [-0.2, -0.15) is 0 Å². The molecule has 4 nitrogen and oxygen atoms in total. The highest BCUT2D eigenvalue weighted by Crippen LogP contribution is 2.13. The number of aliphatic hydroxyl groups excluding tert-OH is 1. The fraction of sp³-hybridized carbons (Fsp3) is 0.533. The van der Waals surface area contributed by atoms with Crippen molar-refractivity contribution >= 4 is 21.8 Å². The second-order valence-corrected chi connectivity index (χ2v) is 6.08. The van der Waals surface area contributed by atoms with Crippen LogP contribution in [0.4, 0.5) is 0 Å². The van der Waals surface area contributed by atoms with Crippen LogP contribution < -0.4 is 5.32 Å². The van der Waals surface area contributed by atoms with Gasteiger partial charge in [0.05, 0.1) is 13.0 Å². The van der Waals surface area contributed by atoms with Crippen molar-refractivity contribution in [3.05, 3.63) is 34.3 Å². The second-order valence-electron chi connectivity index (χ2n) is 5.16. The van der Waals surface area contributed by atoms with Crippen molar-refractivity contribution < 1.29 is 9.90 Å². The minimum Gasteiger partial charge on any atom is -0.395 e. The molecule has 0 bridgehead atoms. The fourth-order valence-corrected chi connectivity index (χ4v) is 2.77. The first-order valence-electron chi connectivity index (χ1n) is 7.05. The van der Waals surface area contributed by atoms with E-state index in [1.807, 2.05) is 24.3 Å². The van der Waals surface area contributed by atoms with Gasteiger partial charge in [0.2, 0.25) is 5.91 Å². The van der Waals surface area contributed by atoms with Gasteiger partial charge in [0.15, 0.2) is 0 Å². The number of nitrogens with zero attached hydrogens (tertiary/aromatic N) is 1. The van der Waals surface area contributed by atoms with Gasteiger partial charge >= 0.3 is 0 Å². The van der Waals surface area contributed by atoms with Crippen LogP contribution in [0.2, 0.25) is 0 Å². The lowest BCUT2D eigenvalue weighted by Crippen LogP contribution is -2.43. The number of hydrogen-bond donors (Lipinski definition) is 2. The van der Waals surface area contributed by atoms with Gasteiger partial charge < -0.3 is 15.3 Å². The van der Waals surface area contributed by atoms with E-state index in [4.69, 9.17) is 5.11 Å². The lowest BCUT2D eigenvalue weighted by atomic mass is 10.1. The number of nitrogens with one attached hydrogen (secondary N) is 1. The molecule has 20 heavy (non-hydrogen) atoms. The largest absolute Gasteiger partial charge is 0.395 e. The first-order chi connectivity index (χ1) is 9.69. The van der Waals surface area contributed by atoms with E-state index in [-0.39, 0.29) is 12.5 Å². The molecule has 1 aromatic rings. The Morgan fingerprint density at radius 1 is 1.40 bits per heavy atom. The van der Waals surface area contributed by atoms with Crippen LogP contribution in [0.5, 0.6) is 0 Å². The predicted octanol–water partition coefficient (Wildman–Crippen LogP) is 1.56. The lowest BCUT2D eigenvalue weighted by Gasteiger charge is -2.25. The van der Waals surface area contributed by atoms with Crippen molar-refractivity contribution in [2.75, 3.05) is 26.2 Å². The molecule has 110 valence electrons. The zero-order valence-corrected chi connectivity index (χ0v) is 13.1. The molecule has 1 fully saturated rings. The smallest absolute Gasteiger partial charge is 0.227 e. The molecule has 1 aliphatic rings. The zero-order valence-electron chi connectivity index (χ0n) is 11.5. The Morgan fingerprint density at radius 3 is 2.75 bits per heavy atom. The normalized spacial score (nSPS) is 18.2. The molecule has 1 aliphatic heterocycles. The Balaban J connectivity index is 1.93. The molecule has 1 saturated heterocycles. The van der Waals surface area contributed by atoms with Crippen LogP contribution in [0.25, 0.3) is 0 Å². The maximum absolute atomic E-state index is 12.4. The number of amides is 1. The van der Waals surface area contributed by atoms with E-state index in [2.05, 4.69) is 21.2 Å². The molecular formula is C15H21BrN2O2. The Bertz CT molecular complexity index is 430. The molecule has 2 rings (SSSR count). The standard InChI is InChI=1S/C15H21BrN2O2/c16-13-5-3-12(4-6-13)10-15(20)18(8-9-19)11-14-2-1-7-17-14/h3-6,14,17,19H,1-2,7-11H2. The van der Waals surface area contributed by atoms with E-state index in [0.29, 0.717) is 25.6 Å². The molecule has 0 aromatic heterocycles. The molecule has 1 atom stereocenters. The van der Waals surface area contributed by atoms with Gasteiger partial charge in [0.1, 0.15) is 0 Å². The zero-order chi connectivity index (χ0) is 14.4. The minimum absolute atomic E-state index is 0.0127. The molecular weight excluding hydrogens is 320 g/mol. The number of carbonyl (C=O) groups is 1. The van der Waals surface area contributed by atoms with Crippen LogP contribution in [-0.4, -0.2) is 48.2 Å². The van der Waals surface area contributed by atoms with E-state index in [9.17, 15) is 4.79 Å². The monoisotopic (exact) mass is 340 g/mol. The summed E-state index contributed by atoms with van der Waals surface area (Å²) in [4.78, 5) is 14.1. The summed E-state index contributed by atoms with van der Waals surface area (Å²) in [5.74, 6) is 0.0788. The van der Waals surface area contributed by atoms with Crippen LogP contribution in [0.1, 0.15) is 18.4 Å². The number of aliphatic hydroxyl groups is 1. The maximum atomic E-state index is 12.4. The number of rotatable bonds is 6. The van der Waals surface area contributed by atoms with Gasteiger partial charge in [-0.1, -0.05) is 28.1 Å². The molecule has 0 spiro atoms. The first-order valence-corrected chi connectivity index (χ1v) is 7.85. The summed E-state index contributed by atoms with van der Waals surface area (Å²) in [7, 11) is 0. The SMILES string of the molecule is O=C(Cc1ccc(Br)cc1)N(CCO)CC1CCCN1. The average molecular weight is 341 g/mol. The molecule has 0 aliphatic carbocycles. The van der Waals surface area contributed by atoms with E-state index in [0.717, 1.165) is 23.0 Å². The third-order valence-electron chi connectivity index (χ3n) is 3.59. The summed E-state index contributed by atoms with van der Waals surface area (Å²) in [6.45, 7) is 2.14. The van der Waals surface area contributed by atoms with Crippen molar-refractivity contribution in [2.24, 2.45) is 0 Å². The van der Waals surface area contributed by atoms with E-state index in [1.54, 1.807) is 4.90 Å². The molecule has 1 heterocycles. The van der Waals surface area contributed by atoms with Crippen LogP contribution in [0.3, 0.4) is 0 Å². The van der Waals surface area contributed by atoms with Gasteiger partial charge in [-0.3, -0.25) is 4.79 Å². The summed E-state index contributed by atoms with van der Waals surface area (Å²) in [6, 6.07) is 8.16. The van der Waals surface area contributed by atoms with E-state index in [1.165, 1.54) is 6.42 Å². The van der Waals surface area contributed by atoms with Crippen LogP contribution >= 0.6 is 15.9 Å². The number of benzene rings is 1. The van der Waals surface area contributed by atoms with Crippen molar-refractivity contribution in [2.45, 2.75) is 25.3 Å². The number of carbonyl (C=O) groups excluding carboxylic acids is 1. The van der Waals surface area contributed by atoms with Crippen molar-refractivity contribution in [1.29, 1.82) is 0 Å². The quantitative estimate of drug-likeness (QED) is 0.826. The highest BCUT2D eigenvalue weighted by atomic mass is 79.9. The van der Waals surface area contributed by atoms with Crippen molar-refractivity contribution in [1.82, 2.24) is 10.2 Å². The van der Waals surface area contributed by atoms with Gasteiger partial charge in [-0.05, 0) is 37.1 Å². The molecule has 2 N–H and O–H groups in total. The Labute approximate surface area is 128 Å². The molecule has 5 heteroatoms. The molecule has 0 saturated carbocycles. The van der Waals surface area contributed by atoms with Crippen LogP contribution in [-0.2, 0) is 11.2 Å². The Morgan fingerprint density at radius 2 is 2.15 bits per heavy atom. The second kappa shape index (κ2) is 7.76. The third kappa shape index (κ3) is 4.58. The maximum Gasteiger partial charge on any atom is 0.227 e.